The highest BCUT2D eigenvalue weighted by molar-refractivity contribution is 5.99. The van der Waals surface area contributed by atoms with E-state index in [1.54, 1.807) is 0 Å². The van der Waals surface area contributed by atoms with Crippen LogP contribution < -0.4 is 10.6 Å². The molecule has 1 aromatic carbocycles. The number of anilines is 1. The van der Waals surface area contributed by atoms with Gasteiger partial charge in [-0.2, -0.15) is 0 Å². The van der Waals surface area contributed by atoms with Gasteiger partial charge in [0.05, 0.1) is 0 Å². The summed E-state index contributed by atoms with van der Waals surface area (Å²) in [5, 5.41) is 0. The highest BCUT2D eigenvalue weighted by atomic mass is 16.2. The van der Waals surface area contributed by atoms with Crippen molar-refractivity contribution in [3.05, 3.63) is 29.3 Å². The third-order valence-corrected chi connectivity index (χ3v) is 4.24. The van der Waals surface area contributed by atoms with Gasteiger partial charge in [-0.15, -0.1) is 0 Å². The van der Waals surface area contributed by atoms with Crippen molar-refractivity contribution in [2.45, 2.75) is 66.0 Å². The number of hydrogen-bond donors (Lipinski definition) is 1. The van der Waals surface area contributed by atoms with E-state index in [0.29, 0.717) is 0 Å². The lowest BCUT2D eigenvalue weighted by Crippen LogP contribution is -2.42. The second kappa shape index (κ2) is 5.80. The molecule has 0 saturated heterocycles. The molecule has 3 heteroatoms. The molecule has 1 aromatic rings. The maximum atomic E-state index is 12.7. The number of carbonyl (C=O) groups excluding carboxylic acids is 1. The zero-order valence-corrected chi connectivity index (χ0v) is 13.9. The Balaban J connectivity index is 2.28. The first-order valence-electron chi connectivity index (χ1n) is 7.95. The lowest BCUT2D eigenvalue weighted by atomic mass is 9.94. The van der Waals surface area contributed by atoms with E-state index >= 15 is 0 Å². The van der Waals surface area contributed by atoms with E-state index in [-0.39, 0.29) is 23.4 Å². The Morgan fingerprint density at radius 3 is 2.67 bits per heavy atom. The normalized spacial score (nSPS) is 19.5. The minimum Gasteiger partial charge on any atom is -0.327 e. The molecule has 0 saturated carbocycles. The van der Waals surface area contributed by atoms with Crippen molar-refractivity contribution in [3.8, 4) is 0 Å². The van der Waals surface area contributed by atoms with Crippen LogP contribution in [0, 0.1) is 5.41 Å². The summed E-state index contributed by atoms with van der Waals surface area (Å²) in [4.78, 5) is 14.6. The van der Waals surface area contributed by atoms with E-state index in [1.807, 2.05) is 25.7 Å². The van der Waals surface area contributed by atoms with Crippen LogP contribution in [0.4, 0.5) is 5.69 Å². The molecule has 2 atom stereocenters. The molecule has 1 aliphatic heterocycles. The molecule has 2 rings (SSSR count). The summed E-state index contributed by atoms with van der Waals surface area (Å²) in [7, 11) is 0. The quantitative estimate of drug-likeness (QED) is 0.927. The van der Waals surface area contributed by atoms with E-state index < -0.39 is 0 Å². The summed E-state index contributed by atoms with van der Waals surface area (Å²) in [6.45, 7) is 10.2. The number of carbonyl (C=O) groups is 1. The first-order valence-corrected chi connectivity index (χ1v) is 7.95. The summed E-state index contributed by atoms with van der Waals surface area (Å²) >= 11 is 0. The van der Waals surface area contributed by atoms with Crippen LogP contribution in [0.1, 0.15) is 52.2 Å². The van der Waals surface area contributed by atoms with Gasteiger partial charge in [-0.05, 0) is 43.4 Å². The fourth-order valence-electron chi connectivity index (χ4n) is 2.93. The van der Waals surface area contributed by atoms with E-state index in [4.69, 9.17) is 5.73 Å². The molecule has 0 aromatic heterocycles. The average molecular weight is 288 g/mol. The Bertz CT molecular complexity index is 531. The number of rotatable bonds is 3. The van der Waals surface area contributed by atoms with Gasteiger partial charge in [0.1, 0.15) is 0 Å². The van der Waals surface area contributed by atoms with Crippen molar-refractivity contribution in [2.75, 3.05) is 4.90 Å². The third-order valence-electron chi connectivity index (χ3n) is 4.24. The van der Waals surface area contributed by atoms with Gasteiger partial charge in [-0.3, -0.25) is 4.79 Å². The predicted octanol–water partition coefficient (Wildman–Crippen LogP) is 3.29. The molecule has 0 radical (unpaired) electrons. The molecule has 1 heterocycles. The smallest absolute Gasteiger partial charge is 0.232 e. The number of hydrogen-bond acceptors (Lipinski definition) is 2. The number of amides is 1. The molecule has 3 nitrogen and oxygen atoms in total. The first-order chi connectivity index (χ1) is 9.74. The zero-order chi connectivity index (χ0) is 15.8. The summed E-state index contributed by atoms with van der Waals surface area (Å²) in [5.41, 5.74) is 9.33. The predicted molar refractivity (Wildman–Crippen MR) is 88.5 cm³/mol. The maximum Gasteiger partial charge on any atom is 0.232 e. The molecule has 2 N–H and O–H groups in total. The van der Waals surface area contributed by atoms with Gasteiger partial charge in [0.15, 0.2) is 0 Å². The fourth-order valence-corrected chi connectivity index (χ4v) is 2.93. The second-order valence-electron chi connectivity index (χ2n) is 7.31. The Morgan fingerprint density at radius 2 is 2.10 bits per heavy atom. The fraction of sp³-hybridized carbons (Fsp3) is 0.611. The highest BCUT2D eigenvalue weighted by Gasteiger charge is 2.36. The lowest BCUT2D eigenvalue weighted by molar-refractivity contribution is -0.126. The Labute approximate surface area is 128 Å². The van der Waals surface area contributed by atoms with Crippen LogP contribution in [0.15, 0.2) is 18.2 Å². The summed E-state index contributed by atoms with van der Waals surface area (Å²) < 4.78 is 0. The minimum atomic E-state index is -0.348. The second-order valence-corrected chi connectivity index (χ2v) is 7.31. The van der Waals surface area contributed by atoms with Crippen LogP contribution in [-0.4, -0.2) is 18.0 Å². The van der Waals surface area contributed by atoms with E-state index in [2.05, 4.69) is 32.0 Å². The van der Waals surface area contributed by atoms with Crippen molar-refractivity contribution < 1.29 is 4.79 Å². The van der Waals surface area contributed by atoms with Crippen LogP contribution in [-0.2, 0) is 17.6 Å². The number of nitrogens with two attached hydrogens (primary N) is 1. The van der Waals surface area contributed by atoms with Crippen molar-refractivity contribution in [1.29, 1.82) is 0 Å². The molecule has 0 fully saturated rings. The van der Waals surface area contributed by atoms with Crippen LogP contribution >= 0.6 is 0 Å². The van der Waals surface area contributed by atoms with Gasteiger partial charge < -0.3 is 10.6 Å². The maximum absolute atomic E-state index is 12.7. The molecule has 1 aliphatic rings. The molecule has 116 valence electrons. The van der Waals surface area contributed by atoms with Gasteiger partial charge in [0.25, 0.3) is 0 Å². The van der Waals surface area contributed by atoms with E-state index in [1.165, 1.54) is 11.1 Å². The van der Waals surface area contributed by atoms with Crippen LogP contribution in [0.25, 0.3) is 0 Å². The van der Waals surface area contributed by atoms with Crippen molar-refractivity contribution >= 4 is 11.6 Å². The molecule has 0 aliphatic carbocycles. The topological polar surface area (TPSA) is 46.3 Å². The molecular weight excluding hydrogens is 260 g/mol. The van der Waals surface area contributed by atoms with E-state index in [0.717, 1.165) is 24.9 Å². The largest absolute Gasteiger partial charge is 0.327 e. The summed E-state index contributed by atoms with van der Waals surface area (Å²) in [6.07, 6.45) is 2.83. The van der Waals surface area contributed by atoms with Crippen LogP contribution in [0.2, 0.25) is 0 Å². The Hall–Kier alpha value is -1.35. The van der Waals surface area contributed by atoms with Gasteiger partial charge in [-0.1, -0.05) is 39.8 Å². The SMILES string of the molecule is CCC(N)Cc1ccc2c(c1)CC(C)N2C(=O)C(C)(C)C. The van der Waals surface area contributed by atoms with Crippen molar-refractivity contribution in [1.82, 2.24) is 0 Å². The molecule has 0 spiro atoms. The monoisotopic (exact) mass is 288 g/mol. The van der Waals surface area contributed by atoms with Gasteiger partial charge in [-0.25, -0.2) is 0 Å². The van der Waals surface area contributed by atoms with E-state index in [9.17, 15) is 4.79 Å². The molecular formula is C18H28N2O. The molecule has 0 bridgehead atoms. The van der Waals surface area contributed by atoms with Crippen molar-refractivity contribution in [3.63, 3.8) is 0 Å². The highest BCUT2D eigenvalue weighted by Crippen LogP contribution is 2.36. The van der Waals surface area contributed by atoms with Crippen molar-refractivity contribution in [2.24, 2.45) is 11.1 Å². The summed E-state index contributed by atoms with van der Waals surface area (Å²) in [5.74, 6) is 0.201. The third kappa shape index (κ3) is 3.29. The van der Waals surface area contributed by atoms with Gasteiger partial charge >= 0.3 is 0 Å². The Kier molecular flexibility index (Phi) is 4.43. The number of nitrogens with zero attached hydrogens (tertiary/aromatic N) is 1. The molecule has 21 heavy (non-hydrogen) atoms. The number of fused-ring (bicyclic) bond motifs is 1. The van der Waals surface area contributed by atoms with Crippen LogP contribution in [0.5, 0.6) is 0 Å². The van der Waals surface area contributed by atoms with Gasteiger partial charge in [0, 0.05) is 23.2 Å². The molecule has 1 amide bonds. The zero-order valence-electron chi connectivity index (χ0n) is 13.9. The summed E-state index contributed by atoms with van der Waals surface area (Å²) in [6, 6.07) is 6.91. The average Bonchev–Trinajstić information content (AvgIpc) is 2.71. The van der Waals surface area contributed by atoms with Gasteiger partial charge in [0.2, 0.25) is 5.91 Å². The Morgan fingerprint density at radius 1 is 1.43 bits per heavy atom. The first kappa shape index (κ1) is 16.0. The minimum absolute atomic E-state index is 0.201. The standard InChI is InChI=1S/C18H28N2O/c1-6-15(19)11-13-7-8-16-14(10-13)9-12(2)20(16)17(21)18(3,4)5/h7-8,10,12,15H,6,9,11,19H2,1-5H3. The number of benzene rings is 1. The molecule has 2 unspecified atom stereocenters. The lowest BCUT2D eigenvalue weighted by Gasteiger charge is -2.30. The van der Waals surface area contributed by atoms with Crippen LogP contribution in [0.3, 0.4) is 0 Å².